The monoisotopic (exact) mass is 472 g/mol. The first-order valence-corrected chi connectivity index (χ1v) is 9.16. The number of hydrogen-bond donors (Lipinski definition) is 2. The molecule has 1 atom stereocenters. The Morgan fingerprint density at radius 1 is 1.19 bits per heavy atom. The van der Waals surface area contributed by atoms with Crippen LogP contribution in [0.15, 0.2) is 50.6 Å². The summed E-state index contributed by atoms with van der Waals surface area (Å²) in [5, 5.41) is 6.89. The maximum atomic E-state index is 5.38. The molecule has 2 N–H and O–H groups in total. The van der Waals surface area contributed by atoms with Crippen molar-refractivity contribution in [1.29, 1.82) is 0 Å². The smallest absolute Gasteiger partial charge is 0.191 e. The summed E-state index contributed by atoms with van der Waals surface area (Å²) >= 11 is 0. The predicted octanol–water partition coefficient (Wildman–Crippen LogP) is 3.25. The molecule has 1 aliphatic heterocycles. The molecule has 26 heavy (non-hydrogen) atoms. The van der Waals surface area contributed by atoms with Gasteiger partial charge >= 0.3 is 0 Å². The average molecular weight is 472 g/mol. The van der Waals surface area contributed by atoms with E-state index in [-0.39, 0.29) is 24.0 Å². The second-order valence-electron chi connectivity index (χ2n) is 6.31. The van der Waals surface area contributed by atoms with Crippen molar-refractivity contribution in [3.05, 3.63) is 48.3 Å². The van der Waals surface area contributed by atoms with Crippen LogP contribution in [-0.4, -0.2) is 43.1 Å². The van der Waals surface area contributed by atoms with Gasteiger partial charge in [0.05, 0.1) is 12.5 Å². The van der Waals surface area contributed by atoms with Crippen LogP contribution >= 0.6 is 24.0 Å². The van der Waals surface area contributed by atoms with Crippen LogP contribution in [-0.2, 0) is 13.0 Å². The highest BCUT2D eigenvalue weighted by Crippen LogP contribution is 2.15. The van der Waals surface area contributed by atoms with Gasteiger partial charge in [-0.15, -0.1) is 24.0 Å². The molecule has 0 bridgehead atoms. The maximum absolute atomic E-state index is 5.38. The van der Waals surface area contributed by atoms with Crippen molar-refractivity contribution in [2.75, 3.05) is 26.2 Å². The van der Waals surface area contributed by atoms with Crippen molar-refractivity contribution in [2.45, 2.75) is 38.8 Å². The molecule has 1 unspecified atom stereocenters. The number of halogens is 1. The Morgan fingerprint density at radius 2 is 1.96 bits per heavy atom. The van der Waals surface area contributed by atoms with Gasteiger partial charge in [-0.1, -0.05) is 6.92 Å². The third-order valence-electron chi connectivity index (χ3n) is 4.63. The van der Waals surface area contributed by atoms with Gasteiger partial charge in [-0.3, -0.25) is 4.90 Å². The molecule has 0 saturated carbocycles. The fourth-order valence-corrected chi connectivity index (χ4v) is 3.25. The summed E-state index contributed by atoms with van der Waals surface area (Å²) in [6, 6.07) is 8.33. The molecule has 3 rings (SSSR count). The number of rotatable bonds is 8. The van der Waals surface area contributed by atoms with E-state index in [2.05, 4.69) is 27.4 Å². The Bertz CT molecular complexity index is 628. The molecule has 2 aromatic heterocycles. The highest BCUT2D eigenvalue weighted by Gasteiger charge is 2.22. The molecular formula is C19H29IN4O2. The minimum Gasteiger partial charge on any atom is -0.469 e. The number of nitrogens with zero attached hydrogens (tertiary/aromatic N) is 2. The van der Waals surface area contributed by atoms with Crippen molar-refractivity contribution >= 4 is 29.9 Å². The number of likely N-dealkylation sites (N-methyl/N-ethyl adjacent to an activating group) is 1. The number of guanidine groups is 1. The van der Waals surface area contributed by atoms with Crippen LogP contribution in [0.5, 0.6) is 0 Å². The number of furan rings is 2. The van der Waals surface area contributed by atoms with Crippen LogP contribution in [0.1, 0.15) is 31.3 Å². The first-order chi connectivity index (χ1) is 12.3. The topological polar surface area (TPSA) is 65.9 Å². The fraction of sp³-hybridized carbons (Fsp3) is 0.526. The number of nitrogens with one attached hydrogen (secondary N) is 2. The van der Waals surface area contributed by atoms with Crippen molar-refractivity contribution in [3.8, 4) is 0 Å². The highest BCUT2D eigenvalue weighted by molar-refractivity contribution is 14.0. The van der Waals surface area contributed by atoms with Crippen LogP contribution < -0.4 is 10.6 Å². The molecule has 0 aliphatic carbocycles. The van der Waals surface area contributed by atoms with Gasteiger partial charge in [0.15, 0.2) is 5.96 Å². The SMILES string of the molecule is CCN1CCCC1CNC(=NCc1ccco1)NCCc1ccco1.I. The normalized spacial score (nSPS) is 17.9. The van der Waals surface area contributed by atoms with E-state index < -0.39 is 0 Å². The second-order valence-corrected chi connectivity index (χ2v) is 6.31. The third kappa shape index (κ3) is 6.35. The molecule has 1 aliphatic rings. The van der Waals surface area contributed by atoms with E-state index in [0.717, 1.165) is 43.5 Å². The lowest BCUT2D eigenvalue weighted by atomic mass is 10.2. The van der Waals surface area contributed by atoms with Crippen LogP contribution in [0.4, 0.5) is 0 Å². The Kier molecular flexibility index (Phi) is 9.04. The summed E-state index contributed by atoms with van der Waals surface area (Å²) in [4.78, 5) is 7.18. The van der Waals surface area contributed by atoms with Crippen LogP contribution in [0.25, 0.3) is 0 Å². The molecule has 0 radical (unpaired) electrons. The van der Waals surface area contributed by atoms with Crippen molar-refractivity contribution in [2.24, 2.45) is 4.99 Å². The van der Waals surface area contributed by atoms with Gasteiger partial charge in [0, 0.05) is 25.6 Å². The van der Waals surface area contributed by atoms with Gasteiger partial charge < -0.3 is 19.5 Å². The summed E-state index contributed by atoms with van der Waals surface area (Å²) in [6.45, 7) is 6.76. The van der Waals surface area contributed by atoms with E-state index in [1.165, 1.54) is 19.4 Å². The lowest BCUT2D eigenvalue weighted by Crippen LogP contribution is -2.45. The maximum Gasteiger partial charge on any atom is 0.191 e. The molecule has 2 aromatic rings. The first kappa shape index (κ1) is 20.8. The minimum atomic E-state index is 0. The Morgan fingerprint density at radius 3 is 2.65 bits per heavy atom. The van der Waals surface area contributed by atoms with Gasteiger partial charge in [-0.2, -0.15) is 0 Å². The fourth-order valence-electron chi connectivity index (χ4n) is 3.25. The molecule has 3 heterocycles. The molecule has 1 fully saturated rings. The number of aliphatic imine (C=N–C) groups is 1. The molecule has 7 heteroatoms. The van der Waals surface area contributed by atoms with E-state index in [1.54, 1.807) is 12.5 Å². The van der Waals surface area contributed by atoms with E-state index in [4.69, 9.17) is 8.83 Å². The summed E-state index contributed by atoms with van der Waals surface area (Å²) < 4.78 is 10.8. The standard InChI is InChI=1S/C19H28N4O2.HI/c1-2-23-11-3-6-16(23)14-21-19(22-15-18-8-5-13-25-18)20-10-9-17-7-4-12-24-17;/h4-5,7-8,12-13,16H,2-3,6,9-11,14-15H2,1H3,(H2,20,21,22);1H. The van der Waals surface area contributed by atoms with Gasteiger partial charge in [-0.25, -0.2) is 4.99 Å². The molecular weight excluding hydrogens is 443 g/mol. The number of hydrogen-bond acceptors (Lipinski definition) is 4. The Balaban J connectivity index is 0.00000243. The summed E-state index contributed by atoms with van der Waals surface area (Å²) in [5.74, 6) is 2.67. The van der Waals surface area contributed by atoms with Crippen molar-refractivity contribution in [3.63, 3.8) is 0 Å². The summed E-state index contributed by atoms with van der Waals surface area (Å²) in [6.07, 6.45) is 6.75. The zero-order valence-electron chi connectivity index (χ0n) is 15.3. The van der Waals surface area contributed by atoms with E-state index in [9.17, 15) is 0 Å². The quantitative estimate of drug-likeness (QED) is 0.351. The predicted molar refractivity (Wildman–Crippen MR) is 114 cm³/mol. The van der Waals surface area contributed by atoms with E-state index in [1.807, 2.05) is 24.3 Å². The van der Waals surface area contributed by atoms with Crippen LogP contribution in [0.3, 0.4) is 0 Å². The van der Waals surface area contributed by atoms with Crippen molar-refractivity contribution < 1.29 is 8.83 Å². The lowest BCUT2D eigenvalue weighted by molar-refractivity contribution is 0.267. The second kappa shape index (κ2) is 11.3. The van der Waals surface area contributed by atoms with Gasteiger partial charge in [0.2, 0.25) is 0 Å². The third-order valence-corrected chi connectivity index (χ3v) is 4.63. The minimum absolute atomic E-state index is 0. The van der Waals surface area contributed by atoms with Gasteiger partial charge in [0.25, 0.3) is 0 Å². The zero-order valence-corrected chi connectivity index (χ0v) is 17.6. The summed E-state index contributed by atoms with van der Waals surface area (Å²) in [7, 11) is 0. The molecule has 0 amide bonds. The van der Waals surface area contributed by atoms with Crippen LogP contribution in [0, 0.1) is 0 Å². The first-order valence-electron chi connectivity index (χ1n) is 9.16. The molecule has 0 aromatic carbocycles. The summed E-state index contributed by atoms with van der Waals surface area (Å²) in [5.41, 5.74) is 0. The molecule has 6 nitrogen and oxygen atoms in total. The van der Waals surface area contributed by atoms with Gasteiger partial charge in [-0.05, 0) is 50.2 Å². The van der Waals surface area contributed by atoms with Crippen molar-refractivity contribution in [1.82, 2.24) is 15.5 Å². The Labute approximate surface area is 172 Å². The largest absolute Gasteiger partial charge is 0.469 e. The van der Waals surface area contributed by atoms with E-state index >= 15 is 0 Å². The molecule has 144 valence electrons. The Hall–Kier alpha value is -1.48. The van der Waals surface area contributed by atoms with E-state index in [0.29, 0.717) is 12.6 Å². The molecule has 1 saturated heterocycles. The zero-order chi connectivity index (χ0) is 17.3. The highest BCUT2D eigenvalue weighted by atomic mass is 127. The van der Waals surface area contributed by atoms with Crippen LogP contribution in [0.2, 0.25) is 0 Å². The average Bonchev–Trinajstić information content (AvgIpc) is 3.39. The molecule has 0 spiro atoms. The number of likely N-dealkylation sites (tertiary alicyclic amines) is 1. The lowest BCUT2D eigenvalue weighted by Gasteiger charge is -2.24. The van der Waals surface area contributed by atoms with Gasteiger partial charge in [0.1, 0.15) is 18.1 Å².